The Balaban J connectivity index is 2.09. The summed E-state index contributed by atoms with van der Waals surface area (Å²) < 4.78 is 10.9. The number of rotatable bonds is 4. The second-order valence-electron chi connectivity index (χ2n) is 4.94. The number of benzene rings is 2. The molecule has 1 aromatic heterocycles. The van der Waals surface area contributed by atoms with Gasteiger partial charge in [-0.15, -0.1) is 0 Å². The lowest BCUT2D eigenvalue weighted by atomic mass is 10.1. The first kappa shape index (κ1) is 16.2. The van der Waals surface area contributed by atoms with E-state index in [0.29, 0.717) is 28.0 Å². The van der Waals surface area contributed by atoms with Crippen LogP contribution >= 0.6 is 15.9 Å². The Hall–Kier alpha value is -2.67. The first-order chi connectivity index (χ1) is 11.6. The summed E-state index contributed by atoms with van der Waals surface area (Å²) in [6.07, 6.45) is 0. The molecule has 0 bridgehead atoms. The van der Waals surface area contributed by atoms with Gasteiger partial charge < -0.3 is 14.5 Å². The van der Waals surface area contributed by atoms with Gasteiger partial charge in [-0.2, -0.15) is 0 Å². The number of aromatic amines is 1. The van der Waals surface area contributed by atoms with Crippen LogP contribution in [0.3, 0.4) is 0 Å². The molecule has 0 spiro atoms. The summed E-state index contributed by atoms with van der Waals surface area (Å²) in [5, 5.41) is 0.508. The molecule has 0 unspecified atom stereocenters. The van der Waals surface area contributed by atoms with Crippen LogP contribution in [0, 0.1) is 0 Å². The molecule has 0 atom stereocenters. The number of H-pyrrole nitrogens is 1. The van der Waals surface area contributed by atoms with E-state index in [4.69, 9.17) is 4.74 Å². The van der Waals surface area contributed by atoms with Gasteiger partial charge in [0.1, 0.15) is 11.6 Å². The highest BCUT2D eigenvalue weighted by molar-refractivity contribution is 9.10. The number of carbonyl (C=O) groups excluding carboxylic acids is 1. The van der Waals surface area contributed by atoms with Gasteiger partial charge in [0, 0.05) is 4.47 Å². The molecule has 0 radical (unpaired) electrons. The van der Waals surface area contributed by atoms with E-state index >= 15 is 0 Å². The molecule has 3 rings (SSSR count). The molecule has 7 heteroatoms. The van der Waals surface area contributed by atoms with Gasteiger partial charge in [-0.3, -0.25) is 4.79 Å². The maximum absolute atomic E-state index is 12.3. The van der Waals surface area contributed by atoms with Crippen LogP contribution < -0.4 is 10.3 Å². The van der Waals surface area contributed by atoms with Crippen molar-refractivity contribution in [2.24, 2.45) is 0 Å². The zero-order valence-electron chi connectivity index (χ0n) is 12.7. The molecule has 3 aromatic rings. The Morgan fingerprint density at radius 2 is 2.04 bits per heavy atom. The van der Waals surface area contributed by atoms with Crippen molar-refractivity contribution in [3.05, 3.63) is 57.3 Å². The summed E-state index contributed by atoms with van der Waals surface area (Å²) in [7, 11) is 1.29. The Morgan fingerprint density at radius 1 is 1.25 bits per heavy atom. The van der Waals surface area contributed by atoms with Crippen LogP contribution in [0.15, 0.2) is 51.7 Å². The summed E-state index contributed by atoms with van der Waals surface area (Å²) in [6, 6.07) is 12.3. The van der Waals surface area contributed by atoms with Crippen LogP contribution in [0.2, 0.25) is 0 Å². The summed E-state index contributed by atoms with van der Waals surface area (Å²) in [5.74, 6) is 0.283. The van der Waals surface area contributed by atoms with Gasteiger partial charge in [0.15, 0.2) is 6.61 Å². The quantitative estimate of drug-likeness (QED) is 0.694. The van der Waals surface area contributed by atoms with Gasteiger partial charge in [0.05, 0.1) is 23.6 Å². The van der Waals surface area contributed by atoms with E-state index in [2.05, 4.69) is 30.6 Å². The second kappa shape index (κ2) is 6.84. The van der Waals surface area contributed by atoms with Crippen molar-refractivity contribution in [3.8, 4) is 17.1 Å². The molecule has 122 valence electrons. The van der Waals surface area contributed by atoms with Crippen LogP contribution in [-0.4, -0.2) is 29.7 Å². The highest BCUT2D eigenvalue weighted by Gasteiger charge is 2.13. The van der Waals surface area contributed by atoms with E-state index in [9.17, 15) is 9.59 Å². The van der Waals surface area contributed by atoms with Gasteiger partial charge >= 0.3 is 5.97 Å². The van der Waals surface area contributed by atoms with E-state index in [-0.39, 0.29) is 12.2 Å². The van der Waals surface area contributed by atoms with Crippen molar-refractivity contribution >= 4 is 32.8 Å². The summed E-state index contributed by atoms with van der Waals surface area (Å²) in [4.78, 5) is 30.8. The second-order valence-corrected chi connectivity index (χ2v) is 5.85. The predicted octanol–water partition coefficient (Wildman–Crippen LogP) is 2.90. The molecule has 0 aliphatic rings. The lowest BCUT2D eigenvalue weighted by Crippen LogP contribution is -2.14. The van der Waals surface area contributed by atoms with Gasteiger partial charge in [0.2, 0.25) is 0 Å². The lowest BCUT2D eigenvalue weighted by Gasteiger charge is -2.11. The fraction of sp³-hybridized carbons (Fsp3) is 0.118. The van der Waals surface area contributed by atoms with E-state index in [0.717, 1.165) is 4.47 Å². The number of nitrogens with one attached hydrogen (secondary N) is 1. The van der Waals surface area contributed by atoms with Gasteiger partial charge in [-0.1, -0.05) is 28.1 Å². The number of para-hydroxylation sites is 1. The van der Waals surface area contributed by atoms with Crippen molar-refractivity contribution in [2.45, 2.75) is 0 Å². The van der Waals surface area contributed by atoms with E-state index in [1.54, 1.807) is 36.4 Å². The lowest BCUT2D eigenvalue weighted by molar-refractivity contribution is -0.142. The number of methoxy groups -OCH3 is 1. The van der Waals surface area contributed by atoms with Crippen molar-refractivity contribution < 1.29 is 14.3 Å². The smallest absolute Gasteiger partial charge is 0.343 e. The Kier molecular flexibility index (Phi) is 4.61. The number of hydrogen-bond acceptors (Lipinski definition) is 5. The van der Waals surface area contributed by atoms with Gasteiger partial charge in [-0.05, 0) is 30.3 Å². The monoisotopic (exact) mass is 388 g/mol. The molecule has 0 amide bonds. The number of fused-ring (bicyclic) bond motifs is 1. The largest absolute Gasteiger partial charge is 0.481 e. The Morgan fingerprint density at radius 3 is 2.83 bits per heavy atom. The van der Waals surface area contributed by atoms with E-state index in [1.807, 2.05) is 6.07 Å². The van der Waals surface area contributed by atoms with Crippen LogP contribution in [0.5, 0.6) is 5.75 Å². The fourth-order valence-corrected chi connectivity index (χ4v) is 2.58. The van der Waals surface area contributed by atoms with Crippen molar-refractivity contribution in [1.29, 1.82) is 0 Å². The minimum atomic E-state index is -0.496. The molecular formula is C17H13BrN2O4. The Labute approximate surface area is 145 Å². The standard InChI is InChI=1S/C17H13BrN2O4/c1-23-15(21)9-24-14-7-6-10(18)8-12(14)16-19-13-5-3-2-4-11(13)17(22)20-16/h2-8H,9H2,1H3,(H,19,20,22). The van der Waals surface area contributed by atoms with E-state index in [1.165, 1.54) is 7.11 Å². The SMILES string of the molecule is COC(=O)COc1ccc(Br)cc1-c1nc2ccccc2c(=O)[nH]1. The van der Waals surface area contributed by atoms with Gasteiger partial charge in [0.25, 0.3) is 5.56 Å². The zero-order valence-corrected chi connectivity index (χ0v) is 14.3. The number of hydrogen-bond donors (Lipinski definition) is 1. The molecule has 0 aliphatic heterocycles. The van der Waals surface area contributed by atoms with Gasteiger partial charge in [-0.25, -0.2) is 9.78 Å². The molecule has 0 fully saturated rings. The first-order valence-corrected chi connectivity index (χ1v) is 7.86. The third-order valence-electron chi connectivity index (χ3n) is 3.38. The minimum absolute atomic E-state index is 0.233. The normalized spacial score (nSPS) is 10.6. The highest BCUT2D eigenvalue weighted by atomic mass is 79.9. The van der Waals surface area contributed by atoms with E-state index < -0.39 is 5.97 Å². The molecule has 0 aliphatic carbocycles. The molecule has 0 saturated heterocycles. The average Bonchev–Trinajstić information content (AvgIpc) is 2.60. The maximum atomic E-state index is 12.3. The van der Waals surface area contributed by atoms with Crippen LogP contribution in [0.1, 0.15) is 0 Å². The maximum Gasteiger partial charge on any atom is 0.343 e. The predicted molar refractivity (Wildman–Crippen MR) is 93.0 cm³/mol. The molecule has 1 heterocycles. The average molecular weight is 389 g/mol. The number of nitrogens with zero attached hydrogens (tertiary/aromatic N) is 1. The Bertz CT molecular complexity index is 968. The number of ether oxygens (including phenoxy) is 2. The van der Waals surface area contributed by atoms with Crippen LogP contribution in [0.25, 0.3) is 22.3 Å². The topological polar surface area (TPSA) is 81.3 Å². The zero-order chi connectivity index (χ0) is 17.1. The molecule has 0 saturated carbocycles. The molecular weight excluding hydrogens is 376 g/mol. The van der Waals surface area contributed by atoms with Crippen molar-refractivity contribution in [2.75, 3.05) is 13.7 Å². The highest BCUT2D eigenvalue weighted by Crippen LogP contribution is 2.30. The molecule has 1 N–H and O–H groups in total. The third kappa shape index (κ3) is 3.30. The molecule has 24 heavy (non-hydrogen) atoms. The molecule has 6 nitrogen and oxygen atoms in total. The minimum Gasteiger partial charge on any atom is -0.481 e. The fourth-order valence-electron chi connectivity index (χ4n) is 2.22. The summed E-state index contributed by atoms with van der Waals surface area (Å²) in [6.45, 7) is -0.233. The number of aromatic nitrogens is 2. The van der Waals surface area contributed by atoms with Crippen LogP contribution in [-0.2, 0) is 9.53 Å². The number of esters is 1. The summed E-state index contributed by atoms with van der Waals surface area (Å²) >= 11 is 3.39. The first-order valence-electron chi connectivity index (χ1n) is 7.07. The van der Waals surface area contributed by atoms with Crippen molar-refractivity contribution in [3.63, 3.8) is 0 Å². The number of halogens is 1. The summed E-state index contributed by atoms with van der Waals surface area (Å²) in [5.41, 5.74) is 0.903. The van der Waals surface area contributed by atoms with Crippen molar-refractivity contribution in [1.82, 2.24) is 9.97 Å². The third-order valence-corrected chi connectivity index (χ3v) is 3.88. The van der Waals surface area contributed by atoms with Crippen LogP contribution in [0.4, 0.5) is 0 Å². The molecule has 2 aromatic carbocycles. The number of carbonyl (C=O) groups is 1.